The van der Waals surface area contributed by atoms with Crippen LogP contribution in [0.4, 0.5) is 0 Å². The summed E-state index contributed by atoms with van der Waals surface area (Å²) in [6, 6.07) is 7.26. The minimum Gasteiger partial charge on any atom is -0.472 e. The second-order valence-electron chi connectivity index (χ2n) is 5.73. The molecular formula is C17H22N4O3. The maximum atomic E-state index is 12.2. The minimum atomic E-state index is -0.155. The lowest BCUT2D eigenvalue weighted by Gasteiger charge is -2.32. The summed E-state index contributed by atoms with van der Waals surface area (Å²) in [4.78, 5) is 16.3. The predicted molar refractivity (Wildman–Crippen MR) is 87.5 cm³/mol. The SMILES string of the molecule is O=C(CCCn1cccn1)N[C@@H]1COCC[C@H]1Oc1ccccn1. The number of hydrogen-bond donors (Lipinski definition) is 1. The van der Waals surface area contributed by atoms with E-state index in [1.807, 2.05) is 35.1 Å². The molecule has 3 rings (SSSR count). The number of amides is 1. The molecular weight excluding hydrogens is 308 g/mol. The fourth-order valence-electron chi connectivity index (χ4n) is 2.68. The van der Waals surface area contributed by atoms with Crippen LogP contribution < -0.4 is 10.1 Å². The molecule has 1 N–H and O–H groups in total. The van der Waals surface area contributed by atoms with E-state index in [1.165, 1.54) is 0 Å². The van der Waals surface area contributed by atoms with Crippen molar-refractivity contribution in [3.63, 3.8) is 0 Å². The number of rotatable bonds is 7. The van der Waals surface area contributed by atoms with Gasteiger partial charge in [-0.15, -0.1) is 0 Å². The fraction of sp³-hybridized carbons (Fsp3) is 0.471. The number of pyridine rings is 1. The molecule has 1 amide bonds. The average Bonchev–Trinajstić information content (AvgIpc) is 3.11. The van der Waals surface area contributed by atoms with Gasteiger partial charge in [0.1, 0.15) is 6.10 Å². The van der Waals surface area contributed by atoms with Crippen LogP contribution in [0, 0.1) is 0 Å². The Balaban J connectivity index is 1.47. The molecule has 1 aliphatic rings. The Morgan fingerprint density at radius 1 is 1.38 bits per heavy atom. The molecule has 0 unspecified atom stereocenters. The Morgan fingerprint density at radius 2 is 2.33 bits per heavy atom. The molecule has 2 atom stereocenters. The third kappa shape index (κ3) is 4.79. The lowest BCUT2D eigenvalue weighted by molar-refractivity contribution is -0.124. The quantitative estimate of drug-likeness (QED) is 0.830. The van der Waals surface area contributed by atoms with Crippen LogP contribution in [0.1, 0.15) is 19.3 Å². The summed E-state index contributed by atoms with van der Waals surface area (Å²) in [6.45, 7) is 1.82. The molecule has 0 aliphatic carbocycles. The lowest BCUT2D eigenvalue weighted by Crippen LogP contribution is -2.51. The standard InChI is InChI=1S/C17H22N4O3/c22-16(5-3-10-21-11-4-9-19-21)20-14-13-23-12-7-15(14)24-17-6-1-2-8-18-17/h1-2,4,6,8-9,11,14-15H,3,5,7,10,12-13H2,(H,20,22)/t14-,15-/m1/s1. The molecule has 7 nitrogen and oxygen atoms in total. The Hall–Kier alpha value is -2.41. The van der Waals surface area contributed by atoms with Gasteiger partial charge >= 0.3 is 0 Å². The van der Waals surface area contributed by atoms with E-state index in [0.29, 0.717) is 25.5 Å². The van der Waals surface area contributed by atoms with Gasteiger partial charge in [-0.1, -0.05) is 6.07 Å². The monoisotopic (exact) mass is 330 g/mol. The van der Waals surface area contributed by atoms with E-state index in [1.54, 1.807) is 12.4 Å². The van der Waals surface area contributed by atoms with Crippen LogP contribution in [0.5, 0.6) is 5.88 Å². The topological polar surface area (TPSA) is 78.3 Å². The molecule has 7 heteroatoms. The van der Waals surface area contributed by atoms with Crippen molar-refractivity contribution in [2.24, 2.45) is 0 Å². The van der Waals surface area contributed by atoms with E-state index >= 15 is 0 Å². The van der Waals surface area contributed by atoms with Crippen LogP contribution in [0.2, 0.25) is 0 Å². The van der Waals surface area contributed by atoms with Crippen LogP contribution >= 0.6 is 0 Å². The fourth-order valence-corrected chi connectivity index (χ4v) is 2.68. The van der Waals surface area contributed by atoms with E-state index in [2.05, 4.69) is 15.4 Å². The van der Waals surface area contributed by atoms with Gasteiger partial charge in [-0.05, 0) is 18.6 Å². The maximum Gasteiger partial charge on any atom is 0.220 e. The first-order chi connectivity index (χ1) is 11.8. The number of aryl methyl sites for hydroxylation is 1. The Bertz CT molecular complexity index is 618. The highest BCUT2D eigenvalue weighted by atomic mass is 16.5. The number of ether oxygens (including phenoxy) is 2. The van der Waals surface area contributed by atoms with Crippen molar-refractivity contribution < 1.29 is 14.3 Å². The number of hydrogen-bond acceptors (Lipinski definition) is 5. The second kappa shape index (κ2) is 8.44. The smallest absolute Gasteiger partial charge is 0.220 e. The number of aromatic nitrogens is 3. The Labute approximate surface area is 141 Å². The van der Waals surface area contributed by atoms with Gasteiger partial charge in [-0.25, -0.2) is 4.98 Å². The van der Waals surface area contributed by atoms with Crippen molar-refractivity contribution in [2.75, 3.05) is 13.2 Å². The molecule has 0 saturated carbocycles. The van der Waals surface area contributed by atoms with Gasteiger partial charge < -0.3 is 14.8 Å². The first-order valence-corrected chi connectivity index (χ1v) is 8.23. The molecule has 2 aromatic heterocycles. The first-order valence-electron chi connectivity index (χ1n) is 8.23. The van der Waals surface area contributed by atoms with Gasteiger partial charge in [0, 0.05) is 44.0 Å². The molecule has 1 aliphatic heterocycles. The van der Waals surface area contributed by atoms with Crippen molar-refractivity contribution in [2.45, 2.75) is 38.0 Å². The van der Waals surface area contributed by atoms with Gasteiger partial charge in [0.15, 0.2) is 0 Å². The summed E-state index contributed by atoms with van der Waals surface area (Å²) in [5, 5.41) is 7.15. The van der Waals surface area contributed by atoms with Gasteiger partial charge in [0.25, 0.3) is 0 Å². The zero-order valence-corrected chi connectivity index (χ0v) is 13.5. The minimum absolute atomic E-state index is 0.00674. The van der Waals surface area contributed by atoms with Crippen LogP contribution in [-0.2, 0) is 16.1 Å². The van der Waals surface area contributed by atoms with Gasteiger partial charge in [-0.3, -0.25) is 9.48 Å². The van der Waals surface area contributed by atoms with E-state index in [4.69, 9.17) is 9.47 Å². The first kappa shape index (κ1) is 16.4. The molecule has 128 valence electrons. The second-order valence-corrected chi connectivity index (χ2v) is 5.73. The number of nitrogens with zero attached hydrogens (tertiary/aromatic N) is 3. The van der Waals surface area contributed by atoms with Crippen LogP contribution in [-0.4, -0.2) is 46.0 Å². The van der Waals surface area contributed by atoms with Crippen molar-refractivity contribution in [3.05, 3.63) is 42.9 Å². The van der Waals surface area contributed by atoms with Crippen molar-refractivity contribution in [3.8, 4) is 5.88 Å². The predicted octanol–water partition coefficient (Wildman–Crippen LogP) is 1.41. The number of nitrogens with one attached hydrogen (secondary N) is 1. The summed E-state index contributed by atoms with van der Waals surface area (Å²) >= 11 is 0. The highest BCUT2D eigenvalue weighted by Gasteiger charge is 2.29. The lowest BCUT2D eigenvalue weighted by atomic mass is 10.1. The summed E-state index contributed by atoms with van der Waals surface area (Å²) in [7, 11) is 0. The third-order valence-electron chi connectivity index (χ3n) is 3.90. The third-order valence-corrected chi connectivity index (χ3v) is 3.90. The van der Waals surface area contributed by atoms with E-state index in [-0.39, 0.29) is 18.1 Å². The molecule has 0 radical (unpaired) electrons. The summed E-state index contributed by atoms with van der Waals surface area (Å²) in [5.41, 5.74) is 0. The molecule has 0 spiro atoms. The van der Waals surface area contributed by atoms with Crippen LogP contribution in [0.25, 0.3) is 0 Å². The van der Waals surface area contributed by atoms with Crippen molar-refractivity contribution in [1.29, 1.82) is 0 Å². The number of carbonyl (C=O) groups is 1. The maximum absolute atomic E-state index is 12.2. The van der Waals surface area contributed by atoms with Gasteiger partial charge in [-0.2, -0.15) is 5.10 Å². The molecule has 1 saturated heterocycles. The highest BCUT2D eigenvalue weighted by Crippen LogP contribution is 2.16. The Kier molecular flexibility index (Phi) is 5.79. The van der Waals surface area contributed by atoms with Crippen LogP contribution in [0.3, 0.4) is 0 Å². The molecule has 0 bridgehead atoms. The number of carbonyl (C=O) groups excluding carboxylic acids is 1. The van der Waals surface area contributed by atoms with E-state index in [0.717, 1.165) is 19.4 Å². The highest BCUT2D eigenvalue weighted by molar-refractivity contribution is 5.76. The van der Waals surface area contributed by atoms with Gasteiger partial charge in [0.05, 0.1) is 19.3 Å². The molecule has 24 heavy (non-hydrogen) atoms. The van der Waals surface area contributed by atoms with Gasteiger partial charge in [0.2, 0.25) is 11.8 Å². The zero-order chi connectivity index (χ0) is 16.6. The van der Waals surface area contributed by atoms with E-state index < -0.39 is 0 Å². The molecule has 3 heterocycles. The van der Waals surface area contributed by atoms with E-state index in [9.17, 15) is 4.79 Å². The van der Waals surface area contributed by atoms with Crippen molar-refractivity contribution >= 4 is 5.91 Å². The average molecular weight is 330 g/mol. The molecule has 1 fully saturated rings. The largest absolute Gasteiger partial charge is 0.472 e. The van der Waals surface area contributed by atoms with Crippen molar-refractivity contribution in [1.82, 2.24) is 20.1 Å². The Morgan fingerprint density at radius 3 is 3.12 bits per heavy atom. The normalized spacial score (nSPS) is 20.5. The summed E-state index contributed by atoms with van der Waals surface area (Å²) in [5.74, 6) is 0.578. The van der Waals surface area contributed by atoms with Crippen LogP contribution in [0.15, 0.2) is 42.9 Å². The molecule has 0 aromatic carbocycles. The zero-order valence-electron chi connectivity index (χ0n) is 13.5. The summed E-state index contributed by atoms with van der Waals surface area (Å²) in [6.07, 6.45) is 7.12. The summed E-state index contributed by atoms with van der Waals surface area (Å²) < 4.78 is 13.2. The molecule has 2 aromatic rings.